The monoisotopic (exact) mass is 544 g/mol. The van der Waals surface area contributed by atoms with E-state index in [2.05, 4.69) is 5.32 Å². The van der Waals surface area contributed by atoms with Crippen molar-refractivity contribution in [2.24, 2.45) is 0 Å². The standard InChI is InChI=1S/C31H32N2O7/c1-2-39-29(36)19-33(18-21-10-4-3-5-11-21)30(37)27(16-17-28(34)35)32-31(38)40-20-26-24-14-8-6-12-22(24)23-13-7-9-15-25(23)26/h3-15,26-27H,2,16-20H2,1H3,(H,32,38)(H,34,35). The molecule has 0 aliphatic heterocycles. The highest BCUT2D eigenvalue weighted by Gasteiger charge is 2.31. The number of esters is 1. The molecule has 0 fully saturated rings. The molecule has 1 atom stereocenters. The third kappa shape index (κ3) is 7.05. The van der Waals surface area contributed by atoms with Crippen LogP contribution >= 0.6 is 0 Å². The molecule has 208 valence electrons. The Kier molecular flexibility index (Phi) is 9.51. The van der Waals surface area contributed by atoms with E-state index in [0.29, 0.717) is 0 Å². The molecule has 3 aromatic rings. The number of amides is 2. The van der Waals surface area contributed by atoms with E-state index in [1.54, 1.807) is 31.2 Å². The van der Waals surface area contributed by atoms with Gasteiger partial charge in [0.2, 0.25) is 5.91 Å². The Labute approximate surface area is 232 Å². The van der Waals surface area contributed by atoms with E-state index in [1.165, 1.54) is 4.90 Å². The summed E-state index contributed by atoms with van der Waals surface area (Å²) in [6.07, 6.45) is -1.38. The number of alkyl carbamates (subject to hydrolysis) is 1. The van der Waals surface area contributed by atoms with E-state index < -0.39 is 30.0 Å². The van der Waals surface area contributed by atoms with Crippen LogP contribution < -0.4 is 5.32 Å². The zero-order chi connectivity index (χ0) is 28.5. The van der Waals surface area contributed by atoms with Crippen LogP contribution in [0.4, 0.5) is 4.79 Å². The lowest BCUT2D eigenvalue weighted by Gasteiger charge is -2.27. The van der Waals surface area contributed by atoms with Crippen molar-refractivity contribution in [2.45, 2.75) is 38.3 Å². The van der Waals surface area contributed by atoms with Crippen LogP contribution in [0.2, 0.25) is 0 Å². The lowest BCUT2D eigenvalue weighted by atomic mass is 9.98. The minimum absolute atomic E-state index is 0.0380. The fourth-order valence-electron chi connectivity index (χ4n) is 4.91. The summed E-state index contributed by atoms with van der Waals surface area (Å²) in [6.45, 7) is 1.57. The van der Waals surface area contributed by atoms with Crippen LogP contribution in [0.5, 0.6) is 0 Å². The van der Waals surface area contributed by atoms with Gasteiger partial charge in [-0.3, -0.25) is 14.4 Å². The van der Waals surface area contributed by atoms with Gasteiger partial charge >= 0.3 is 18.0 Å². The first-order valence-electron chi connectivity index (χ1n) is 13.2. The number of aliphatic carboxylic acids is 1. The van der Waals surface area contributed by atoms with E-state index in [-0.39, 0.29) is 45.1 Å². The van der Waals surface area contributed by atoms with Crippen LogP contribution in [0, 0.1) is 0 Å². The molecule has 4 rings (SSSR count). The summed E-state index contributed by atoms with van der Waals surface area (Å²) in [5, 5.41) is 11.8. The number of nitrogens with one attached hydrogen (secondary N) is 1. The molecule has 40 heavy (non-hydrogen) atoms. The number of ether oxygens (including phenoxy) is 2. The van der Waals surface area contributed by atoms with Crippen molar-refractivity contribution in [2.75, 3.05) is 19.8 Å². The van der Waals surface area contributed by atoms with Gasteiger partial charge in [-0.05, 0) is 41.2 Å². The van der Waals surface area contributed by atoms with E-state index in [9.17, 15) is 24.3 Å². The number of carboxylic acids is 1. The second kappa shape index (κ2) is 13.4. The summed E-state index contributed by atoms with van der Waals surface area (Å²) in [7, 11) is 0. The first-order chi connectivity index (χ1) is 19.4. The molecule has 3 aromatic carbocycles. The van der Waals surface area contributed by atoms with Gasteiger partial charge in [-0.2, -0.15) is 0 Å². The molecule has 0 bridgehead atoms. The van der Waals surface area contributed by atoms with Crippen LogP contribution in [-0.4, -0.2) is 59.7 Å². The first kappa shape index (κ1) is 28.4. The molecule has 0 radical (unpaired) electrons. The summed E-state index contributed by atoms with van der Waals surface area (Å²) in [6, 6.07) is 23.7. The van der Waals surface area contributed by atoms with Crippen molar-refractivity contribution in [1.82, 2.24) is 10.2 Å². The van der Waals surface area contributed by atoms with Gasteiger partial charge in [0, 0.05) is 18.9 Å². The smallest absolute Gasteiger partial charge is 0.407 e. The number of carboxylic acid groups (broad SMARTS) is 1. The highest BCUT2D eigenvalue weighted by atomic mass is 16.5. The minimum atomic E-state index is -1.22. The lowest BCUT2D eigenvalue weighted by Crippen LogP contribution is -2.50. The van der Waals surface area contributed by atoms with Crippen molar-refractivity contribution in [1.29, 1.82) is 0 Å². The van der Waals surface area contributed by atoms with Gasteiger partial charge < -0.3 is 24.8 Å². The molecule has 0 aromatic heterocycles. The Morgan fingerprint density at radius 1 is 0.875 bits per heavy atom. The Bertz CT molecular complexity index is 1310. The van der Waals surface area contributed by atoms with Crippen LogP contribution in [0.25, 0.3) is 11.1 Å². The normalized spacial score (nSPS) is 12.5. The molecule has 9 nitrogen and oxygen atoms in total. The first-order valence-corrected chi connectivity index (χ1v) is 13.2. The van der Waals surface area contributed by atoms with Crippen LogP contribution in [0.1, 0.15) is 42.4 Å². The van der Waals surface area contributed by atoms with Gasteiger partial charge in [0.15, 0.2) is 0 Å². The van der Waals surface area contributed by atoms with Crippen molar-refractivity contribution in [3.05, 3.63) is 95.6 Å². The highest BCUT2D eigenvalue weighted by molar-refractivity contribution is 5.89. The molecular weight excluding hydrogens is 512 g/mol. The van der Waals surface area contributed by atoms with Crippen LogP contribution in [-0.2, 0) is 30.4 Å². The Balaban J connectivity index is 1.48. The summed E-state index contributed by atoms with van der Waals surface area (Å²) >= 11 is 0. The maximum atomic E-state index is 13.6. The molecule has 1 unspecified atom stereocenters. The number of carbonyl (C=O) groups excluding carboxylic acids is 3. The van der Waals surface area contributed by atoms with Crippen molar-refractivity contribution in [3.63, 3.8) is 0 Å². The topological polar surface area (TPSA) is 122 Å². The van der Waals surface area contributed by atoms with Gasteiger partial charge in [-0.25, -0.2) is 4.79 Å². The van der Waals surface area contributed by atoms with Gasteiger partial charge in [0.05, 0.1) is 6.61 Å². The molecule has 0 heterocycles. The van der Waals surface area contributed by atoms with E-state index in [1.807, 2.05) is 54.6 Å². The lowest BCUT2D eigenvalue weighted by molar-refractivity contribution is -0.150. The number of benzene rings is 3. The van der Waals surface area contributed by atoms with E-state index in [4.69, 9.17) is 9.47 Å². The third-order valence-electron chi connectivity index (χ3n) is 6.73. The molecule has 0 saturated heterocycles. The predicted molar refractivity (Wildman–Crippen MR) is 147 cm³/mol. The Morgan fingerprint density at radius 3 is 2.08 bits per heavy atom. The largest absolute Gasteiger partial charge is 0.481 e. The SMILES string of the molecule is CCOC(=O)CN(Cc1ccccc1)C(=O)C(CCC(=O)O)NC(=O)OCC1c2ccccc2-c2ccccc21. The molecule has 2 amide bonds. The second-order valence-corrected chi connectivity index (χ2v) is 9.44. The number of fused-ring (bicyclic) bond motifs is 3. The Morgan fingerprint density at radius 2 is 1.48 bits per heavy atom. The Hall–Kier alpha value is -4.66. The number of hydrogen-bond donors (Lipinski definition) is 2. The van der Waals surface area contributed by atoms with Crippen LogP contribution in [0.3, 0.4) is 0 Å². The second-order valence-electron chi connectivity index (χ2n) is 9.44. The van der Waals surface area contributed by atoms with Crippen molar-refractivity contribution < 1.29 is 33.8 Å². The van der Waals surface area contributed by atoms with Crippen molar-refractivity contribution >= 4 is 23.9 Å². The third-order valence-corrected chi connectivity index (χ3v) is 6.73. The van der Waals surface area contributed by atoms with Crippen LogP contribution in [0.15, 0.2) is 78.9 Å². The predicted octanol–water partition coefficient (Wildman–Crippen LogP) is 4.35. The molecule has 9 heteroatoms. The fourth-order valence-corrected chi connectivity index (χ4v) is 4.91. The van der Waals surface area contributed by atoms with Gasteiger partial charge in [0.25, 0.3) is 0 Å². The van der Waals surface area contributed by atoms with Crippen molar-refractivity contribution in [3.8, 4) is 11.1 Å². The quantitative estimate of drug-likeness (QED) is 0.325. The molecule has 1 aliphatic carbocycles. The molecule has 2 N–H and O–H groups in total. The summed E-state index contributed by atoms with van der Waals surface area (Å²) in [5.41, 5.74) is 5.00. The van der Waals surface area contributed by atoms with Gasteiger partial charge in [-0.15, -0.1) is 0 Å². The maximum absolute atomic E-state index is 13.6. The number of nitrogens with zero attached hydrogens (tertiary/aromatic N) is 1. The number of hydrogen-bond acceptors (Lipinski definition) is 6. The zero-order valence-corrected chi connectivity index (χ0v) is 22.2. The molecular formula is C31H32N2O7. The van der Waals surface area contributed by atoms with E-state index >= 15 is 0 Å². The maximum Gasteiger partial charge on any atom is 0.407 e. The molecule has 0 saturated carbocycles. The molecule has 1 aliphatic rings. The minimum Gasteiger partial charge on any atom is -0.481 e. The number of rotatable bonds is 12. The summed E-state index contributed by atoms with van der Waals surface area (Å²) < 4.78 is 10.6. The fraction of sp³-hybridized carbons (Fsp3) is 0.290. The summed E-state index contributed by atoms with van der Waals surface area (Å²) in [5.74, 6) is -2.51. The zero-order valence-electron chi connectivity index (χ0n) is 22.2. The highest BCUT2D eigenvalue weighted by Crippen LogP contribution is 2.44. The summed E-state index contributed by atoms with van der Waals surface area (Å²) in [4.78, 5) is 51.4. The number of carbonyl (C=O) groups is 4. The van der Waals surface area contributed by atoms with E-state index in [0.717, 1.165) is 27.8 Å². The van der Waals surface area contributed by atoms with Gasteiger partial charge in [-0.1, -0.05) is 78.9 Å². The average Bonchev–Trinajstić information content (AvgIpc) is 3.27. The van der Waals surface area contributed by atoms with Gasteiger partial charge in [0.1, 0.15) is 19.2 Å². The molecule has 0 spiro atoms. The average molecular weight is 545 g/mol.